The zero-order chi connectivity index (χ0) is 17.2. The Hall–Kier alpha value is -2.20. The van der Waals surface area contributed by atoms with Crippen LogP contribution in [-0.4, -0.2) is 19.1 Å². The van der Waals surface area contributed by atoms with E-state index in [0.717, 1.165) is 24.1 Å². The molecule has 0 radical (unpaired) electrons. The number of hydrogen-bond acceptors (Lipinski definition) is 3. The number of rotatable bonds is 3. The maximum Gasteiger partial charge on any atom is 0.228 e. The van der Waals surface area contributed by atoms with Crippen molar-refractivity contribution in [2.45, 2.75) is 32.1 Å². The second-order valence-corrected chi connectivity index (χ2v) is 6.88. The molecule has 4 rings (SSSR count). The van der Waals surface area contributed by atoms with Crippen LogP contribution < -0.4 is 14.8 Å². The van der Waals surface area contributed by atoms with Gasteiger partial charge in [-0.3, -0.25) is 4.79 Å². The van der Waals surface area contributed by atoms with E-state index >= 15 is 0 Å². The van der Waals surface area contributed by atoms with E-state index in [2.05, 4.69) is 11.4 Å². The molecule has 0 spiro atoms. The van der Waals surface area contributed by atoms with Gasteiger partial charge in [0.15, 0.2) is 11.5 Å². The molecular weight excluding hydrogens is 338 g/mol. The highest BCUT2D eigenvalue weighted by atomic mass is 35.5. The molecule has 4 nitrogen and oxygen atoms in total. The van der Waals surface area contributed by atoms with Gasteiger partial charge in [-0.1, -0.05) is 23.7 Å². The third kappa shape index (κ3) is 3.45. The summed E-state index contributed by atoms with van der Waals surface area (Å²) in [5.74, 6) is 1.12. The summed E-state index contributed by atoms with van der Waals surface area (Å²) >= 11 is 6.25. The maximum atomic E-state index is 12.5. The summed E-state index contributed by atoms with van der Waals surface area (Å²) < 4.78 is 11.1. The highest BCUT2D eigenvalue weighted by Crippen LogP contribution is 2.38. The van der Waals surface area contributed by atoms with E-state index in [1.807, 2.05) is 18.2 Å². The van der Waals surface area contributed by atoms with Crippen LogP contribution in [0, 0.1) is 0 Å². The normalized spacial score (nSPS) is 15.4. The van der Waals surface area contributed by atoms with Crippen molar-refractivity contribution in [3.63, 3.8) is 0 Å². The average molecular weight is 358 g/mol. The van der Waals surface area contributed by atoms with Gasteiger partial charge >= 0.3 is 0 Å². The fraction of sp³-hybridized carbons (Fsp3) is 0.350. The van der Waals surface area contributed by atoms with E-state index in [9.17, 15) is 4.79 Å². The first-order valence-electron chi connectivity index (χ1n) is 8.69. The Morgan fingerprint density at radius 1 is 1.12 bits per heavy atom. The van der Waals surface area contributed by atoms with Crippen molar-refractivity contribution in [1.29, 1.82) is 0 Å². The predicted molar refractivity (Wildman–Crippen MR) is 97.9 cm³/mol. The first kappa shape index (κ1) is 16.3. The largest absolute Gasteiger partial charge is 0.486 e. The fourth-order valence-corrected chi connectivity index (χ4v) is 3.83. The second kappa shape index (κ2) is 6.96. The summed E-state index contributed by atoms with van der Waals surface area (Å²) in [5.41, 5.74) is 4.39. The zero-order valence-electron chi connectivity index (χ0n) is 13.9. The van der Waals surface area contributed by atoms with Crippen LogP contribution in [-0.2, 0) is 24.1 Å². The van der Waals surface area contributed by atoms with Gasteiger partial charge in [-0.25, -0.2) is 0 Å². The number of carbonyl (C=O) groups is 1. The van der Waals surface area contributed by atoms with Crippen molar-refractivity contribution in [2.75, 3.05) is 18.5 Å². The molecule has 1 heterocycles. The van der Waals surface area contributed by atoms with Gasteiger partial charge in [-0.05, 0) is 60.6 Å². The van der Waals surface area contributed by atoms with Crippen LogP contribution in [0.15, 0.2) is 30.3 Å². The van der Waals surface area contributed by atoms with Gasteiger partial charge in [0.2, 0.25) is 5.91 Å². The summed E-state index contributed by atoms with van der Waals surface area (Å²) in [7, 11) is 0. The Kier molecular flexibility index (Phi) is 4.53. The molecule has 2 aliphatic rings. The Balaban J connectivity index is 1.51. The van der Waals surface area contributed by atoms with E-state index in [1.54, 1.807) is 6.07 Å². The topological polar surface area (TPSA) is 47.6 Å². The maximum absolute atomic E-state index is 12.5. The molecule has 1 amide bonds. The molecule has 0 saturated carbocycles. The highest BCUT2D eigenvalue weighted by molar-refractivity contribution is 6.32. The molecule has 2 aromatic carbocycles. The van der Waals surface area contributed by atoms with Crippen LogP contribution in [0.5, 0.6) is 11.5 Å². The number of hydrogen-bond donors (Lipinski definition) is 1. The quantitative estimate of drug-likeness (QED) is 0.896. The molecule has 0 atom stereocenters. The molecule has 0 bridgehead atoms. The fourth-order valence-electron chi connectivity index (χ4n) is 3.54. The van der Waals surface area contributed by atoms with Gasteiger partial charge in [0.1, 0.15) is 13.2 Å². The summed E-state index contributed by atoms with van der Waals surface area (Å²) in [6, 6.07) is 9.76. The number of nitrogens with one attached hydrogen (secondary N) is 1. The van der Waals surface area contributed by atoms with Crippen molar-refractivity contribution in [1.82, 2.24) is 0 Å². The minimum absolute atomic E-state index is 0.0493. The van der Waals surface area contributed by atoms with Crippen LogP contribution in [0.2, 0.25) is 5.02 Å². The number of ether oxygens (including phenoxy) is 2. The highest BCUT2D eigenvalue weighted by Gasteiger charge is 2.19. The van der Waals surface area contributed by atoms with Crippen LogP contribution >= 0.6 is 11.6 Å². The van der Waals surface area contributed by atoms with E-state index in [4.69, 9.17) is 21.1 Å². The lowest BCUT2D eigenvalue weighted by atomic mass is 9.90. The van der Waals surface area contributed by atoms with Gasteiger partial charge in [-0.15, -0.1) is 0 Å². The molecule has 0 fully saturated rings. The van der Waals surface area contributed by atoms with Gasteiger partial charge in [0.05, 0.1) is 11.4 Å². The third-order valence-electron chi connectivity index (χ3n) is 4.69. The minimum atomic E-state index is -0.0493. The molecule has 0 saturated heterocycles. The second-order valence-electron chi connectivity index (χ2n) is 6.48. The lowest BCUT2D eigenvalue weighted by Gasteiger charge is -2.21. The van der Waals surface area contributed by atoms with Gasteiger partial charge in [-0.2, -0.15) is 0 Å². The number of benzene rings is 2. The number of anilines is 1. The lowest BCUT2D eigenvalue weighted by molar-refractivity contribution is -0.115. The van der Waals surface area contributed by atoms with Crippen molar-refractivity contribution >= 4 is 23.2 Å². The summed E-state index contributed by atoms with van der Waals surface area (Å²) in [4.78, 5) is 12.5. The van der Waals surface area contributed by atoms with Crippen molar-refractivity contribution in [3.8, 4) is 11.5 Å². The first-order valence-corrected chi connectivity index (χ1v) is 9.07. The summed E-state index contributed by atoms with van der Waals surface area (Å²) in [6.07, 6.45) is 4.77. The molecule has 130 valence electrons. The van der Waals surface area contributed by atoms with Crippen molar-refractivity contribution < 1.29 is 14.3 Å². The first-order chi connectivity index (χ1) is 12.2. The molecule has 0 unspecified atom stereocenters. The van der Waals surface area contributed by atoms with Crippen molar-refractivity contribution in [3.05, 3.63) is 52.0 Å². The number of fused-ring (bicyclic) bond motifs is 2. The molecular formula is C20H20ClNO3. The Labute approximate surface area is 152 Å². The van der Waals surface area contributed by atoms with E-state index in [0.29, 0.717) is 29.7 Å². The van der Waals surface area contributed by atoms with Gasteiger partial charge in [0, 0.05) is 5.69 Å². The molecule has 1 aliphatic heterocycles. The summed E-state index contributed by atoms with van der Waals surface area (Å²) in [6.45, 7) is 0.987. The predicted octanol–water partition coefficient (Wildman–Crippen LogP) is 4.17. The van der Waals surface area contributed by atoms with E-state index < -0.39 is 0 Å². The standard InChI is InChI=1S/C20H20ClNO3/c21-16-10-13(11-18-20(16)25-9-8-24-18)12-19(23)22-17-7-3-5-14-4-1-2-6-15(14)17/h3,5,7,10-11H,1-2,4,6,8-9,12H2,(H,22,23). The van der Waals surface area contributed by atoms with Gasteiger partial charge in [0.25, 0.3) is 0 Å². The molecule has 1 N–H and O–H groups in total. The molecule has 5 heteroatoms. The number of carbonyl (C=O) groups excluding carboxylic acids is 1. The monoisotopic (exact) mass is 357 g/mol. The number of amides is 1. The average Bonchev–Trinajstić information content (AvgIpc) is 2.62. The van der Waals surface area contributed by atoms with Gasteiger partial charge < -0.3 is 14.8 Å². The third-order valence-corrected chi connectivity index (χ3v) is 4.97. The number of halogens is 1. The van der Waals surface area contributed by atoms with E-state index in [1.165, 1.54) is 24.0 Å². The molecule has 2 aromatic rings. The molecule has 0 aromatic heterocycles. The van der Waals surface area contributed by atoms with Crippen LogP contribution in [0.4, 0.5) is 5.69 Å². The Bertz CT molecular complexity index is 819. The Morgan fingerprint density at radius 2 is 1.96 bits per heavy atom. The SMILES string of the molecule is O=C(Cc1cc(Cl)c2c(c1)OCCO2)Nc1cccc2c1CCCC2. The lowest BCUT2D eigenvalue weighted by Crippen LogP contribution is -2.18. The van der Waals surface area contributed by atoms with Crippen LogP contribution in [0.1, 0.15) is 29.5 Å². The van der Waals surface area contributed by atoms with Crippen molar-refractivity contribution in [2.24, 2.45) is 0 Å². The smallest absolute Gasteiger partial charge is 0.228 e. The Morgan fingerprint density at radius 3 is 2.88 bits per heavy atom. The molecule has 25 heavy (non-hydrogen) atoms. The minimum Gasteiger partial charge on any atom is -0.486 e. The van der Waals surface area contributed by atoms with Crippen LogP contribution in [0.25, 0.3) is 0 Å². The molecule has 1 aliphatic carbocycles. The van der Waals surface area contributed by atoms with Crippen LogP contribution in [0.3, 0.4) is 0 Å². The zero-order valence-corrected chi connectivity index (χ0v) is 14.7. The number of aryl methyl sites for hydroxylation is 1. The van der Waals surface area contributed by atoms with E-state index in [-0.39, 0.29) is 12.3 Å². The summed E-state index contributed by atoms with van der Waals surface area (Å²) in [5, 5.41) is 3.55.